The minimum Gasteiger partial charge on any atom is -0.493 e. The normalized spacial score (nSPS) is 11.0. The summed E-state index contributed by atoms with van der Waals surface area (Å²) in [6.07, 6.45) is 0. The Kier molecular flexibility index (Phi) is 6.94. The van der Waals surface area contributed by atoms with Crippen LogP contribution in [0.4, 0.5) is 20.2 Å². The van der Waals surface area contributed by atoms with E-state index in [0.717, 1.165) is 12.1 Å². The molecule has 0 heterocycles. The van der Waals surface area contributed by atoms with Gasteiger partial charge in [0.2, 0.25) is 0 Å². The van der Waals surface area contributed by atoms with Crippen molar-refractivity contribution < 1.29 is 31.5 Å². The SMILES string of the molecule is CCOc1ccc(C(=O)Nc2ccc(NS(=O)(=O)c3ccc(F)c(F)c3)cc2)cc1OC. The number of methoxy groups -OCH3 is 1. The van der Waals surface area contributed by atoms with E-state index in [9.17, 15) is 22.0 Å². The highest BCUT2D eigenvalue weighted by molar-refractivity contribution is 7.92. The van der Waals surface area contributed by atoms with Gasteiger partial charge in [0.1, 0.15) is 0 Å². The lowest BCUT2D eigenvalue weighted by atomic mass is 10.1. The Balaban J connectivity index is 1.70. The third kappa shape index (κ3) is 5.33. The van der Waals surface area contributed by atoms with E-state index in [1.807, 2.05) is 6.92 Å². The van der Waals surface area contributed by atoms with Gasteiger partial charge in [0.05, 0.1) is 18.6 Å². The molecule has 0 fully saturated rings. The first-order valence-corrected chi connectivity index (χ1v) is 10.9. The Labute approximate surface area is 184 Å². The number of rotatable bonds is 8. The third-order valence-electron chi connectivity index (χ3n) is 4.32. The Hall–Kier alpha value is -3.66. The number of hydrogen-bond acceptors (Lipinski definition) is 5. The average molecular weight is 462 g/mol. The molecule has 3 aromatic rings. The van der Waals surface area contributed by atoms with Crippen molar-refractivity contribution in [2.45, 2.75) is 11.8 Å². The molecule has 32 heavy (non-hydrogen) atoms. The number of sulfonamides is 1. The maximum absolute atomic E-state index is 13.3. The number of anilines is 2. The molecule has 1 amide bonds. The molecule has 0 atom stereocenters. The number of hydrogen-bond donors (Lipinski definition) is 2. The van der Waals surface area contributed by atoms with Crippen molar-refractivity contribution in [1.29, 1.82) is 0 Å². The van der Waals surface area contributed by atoms with E-state index in [-0.39, 0.29) is 5.69 Å². The minimum atomic E-state index is -4.12. The lowest BCUT2D eigenvalue weighted by Gasteiger charge is -2.12. The van der Waals surface area contributed by atoms with Crippen LogP contribution in [0.1, 0.15) is 17.3 Å². The monoisotopic (exact) mass is 462 g/mol. The van der Waals surface area contributed by atoms with Crippen LogP contribution in [0.2, 0.25) is 0 Å². The van der Waals surface area contributed by atoms with E-state index in [1.54, 1.807) is 18.2 Å². The van der Waals surface area contributed by atoms with Crippen LogP contribution in [0.3, 0.4) is 0 Å². The summed E-state index contributed by atoms with van der Waals surface area (Å²) < 4.78 is 64.0. The average Bonchev–Trinajstić information content (AvgIpc) is 2.77. The van der Waals surface area contributed by atoms with Crippen molar-refractivity contribution in [2.24, 2.45) is 0 Å². The van der Waals surface area contributed by atoms with Crippen molar-refractivity contribution in [2.75, 3.05) is 23.8 Å². The molecule has 0 aliphatic carbocycles. The van der Waals surface area contributed by atoms with E-state index in [4.69, 9.17) is 9.47 Å². The molecule has 168 valence electrons. The van der Waals surface area contributed by atoms with Gasteiger partial charge in [-0.3, -0.25) is 9.52 Å². The van der Waals surface area contributed by atoms with Gasteiger partial charge in [-0.2, -0.15) is 0 Å². The van der Waals surface area contributed by atoms with Crippen molar-refractivity contribution in [1.82, 2.24) is 0 Å². The second-order valence-electron chi connectivity index (χ2n) is 6.51. The number of amides is 1. The number of ether oxygens (including phenoxy) is 2. The minimum absolute atomic E-state index is 0.176. The molecule has 0 aromatic heterocycles. The number of nitrogens with one attached hydrogen (secondary N) is 2. The molecule has 0 saturated heterocycles. The number of carbonyl (C=O) groups is 1. The molecule has 0 aliphatic rings. The highest BCUT2D eigenvalue weighted by Gasteiger charge is 2.17. The van der Waals surface area contributed by atoms with E-state index >= 15 is 0 Å². The lowest BCUT2D eigenvalue weighted by Crippen LogP contribution is -2.14. The highest BCUT2D eigenvalue weighted by atomic mass is 32.2. The van der Waals surface area contributed by atoms with Gasteiger partial charge >= 0.3 is 0 Å². The molecule has 0 unspecified atom stereocenters. The topological polar surface area (TPSA) is 93.7 Å². The molecular formula is C22H20F2N2O5S. The van der Waals surface area contributed by atoms with Gasteiger partial charge in [-0.05, 0) is 67.6 Å². The van der Waals surface area contributed by atoms with Crippen LogP contribution in [-0.2, 0) is 10.0 Å². The first-order chi connectivity index (χ1) is 15.2. The molecule has 10 heteroatoms. The molecule has 0 bridgehead atoms. The van der Waals surface area contributed by atoms with Gasteiger partial charge in [0.25, 0.3) is 15.9 Å². The zero-order valence-electron chi connectivity index (χ0n) is 17.2. The van der Waals surface area contributed by atoms with Crippen molar-refractivity contribution in [3.8, 4) is 11.5 Å². The molecule has 2 N–H and O–H groups in total. The third-order valence-corrected chi connectivity index (χ3v) is 5.70. The second-order valence-corrected chi connectivity index (χ2v) is 8.19. The Bertz CT molecular complexity index is 1230. The second kappa shape index (κ2) is 9.65. The summed E-state index contributed by atoms with van der Waals surface area (Å²) >= 11 is 0. The van der Waals surface area contributed by atoms with Crippen molar-refractivity contribution in [3.63, 3.8) is 0 Å². The Morgan fingerprint density at radius 1 is 0.906 bits per heavy atom. The summed E-state index contributed by atoms with van der Waals surface area (Å²) in [5.41, 5.74) is 0.933. The fourth-order valence-corrected chi connectivity index (χ4v) is 3.84. The largest absolute Gasteiger partial charge is 0.493 e. The molecule has 7 nitrogen and oxygen atoms in total. The van der Waals surface area contributed by atoms with Gasteiger partial charge < -0.3 is 14.8 Å². The Morgan fingerprint density at radius 2 is 1.59 bits per heavy atom. The van der Waals surface area contributed by atoms with Gasteiger partial charge in [-0.1, -0.05) is 0 Å². The number of benzene rings is 3. The summed E-state index contributed by atoms with van der Waals surface area (Å²) in [6, 6.07) is 12.9. The summed E-state index contributed by atoms with van der Waals surface area (Å²) in [7, 11) is -2.65. The number of carbonyl (C=O) groups excluding carboxylic acids is 1. The van der Waals surface area contributed by atoms with E-state index in [1.165, 1.54) is 31.4 Å². The standard InChI is InChI=1S/C22H20F2N2O5S/c1-3-31-20-11-4-14(12-21(20)30-2)22(27)25-15-5-7-16(8-6-15)26-32(28,29)17-9-10-18(23)19(24)13-17/h4-13,26H,3H2,1-2H3,(H,25,27). The molecule has 0 aliphatic heterocycles. The van der Waals surface area contributed by atoms with E-state index in [2.05, 4.69) is 10.0 Å². The summed E-state index contributed by atoms with van der Waals surface area (Å²) in [5.74, 6) is -1.88. The van der Waals surface area contributed by atoms with Crippen molar-refractivity contribution in [3.05, 3.63) is 77.9 Å². The van der Waals surface area contributed by atoms with Crippen LogP contribution in [0.15, 0.2) is 65.6 Å². The lowest BCUT2D eigenvalue weighted by molar-refractivity contribution is 0.102. The Morgan fingerprint density at radius 3 is 2.22 bits per heavy atom. The molecule has 3 rings (SSSR count). The predicted octanol–water partition coefficient (Wildman–Crippen LogP) is 4.43. The molecule has 0 radical (unpaired) electrons. The van der Waals surface area contributed by atoms with Crippen LogP contribution in [0.5, 0.6) is 11.5 Å². The maximum atomic E-state index is 13.3. The summed E-state index contributed by atoms with van der Waals surface area (Å²) in [6.45, 7) is 2.29. The zero-order valence-corrected chi connectivity index (χ0v) is 18.0. The quantitative estimate of drug-likeness (QED) is 0.517. The molecule has 0 saturated carbocycles. The molecule has 0 spiro atoms. The predicted molar refractivity (Wildman–Crippen MR) is 116 cm³/mol. The highest BCUT2D eigenvalue weighted by Crippen LogP contribution is 2.28. The first kappa shape index (κ1) is 23.0. The fourth-order valence-electron chi connectivity index (χ4n) is 2.77. The van der Waals surface area contributed by atoms with E-state index < -0.39 is 32.5 Å². The molecular weight excluding hydrogens is 442 g/mol. The van der Waals surface area contributed by atoms with Gasteiger partial charge in [0, 0.05) is 16.9 Å². The van der Waals surface area contributed by atoms with Crippen LogP contribution in [0.25, 0.3) is 0 Å². The fraction of sp³-hybridized carbons (Fsp3) is 0.136. The van der Waals surface area contributed by atoms with Crippen LogP contribution >= 0.6 is 0 Å². The zero-order chi connectivity index (χ0) is 23.3. The van der Waals surface area contributed by atoms with Gasteiger partial charge in [-0.25, -0.2) is 17.2 Å². The summed E-state index contributed by atoms with van der Waals surface area (Å²) in [4.78, 5) is 12.1. The molecule has 3 aromatic carbocycles. The van der Waals surface area contributed by atoms with Gasteiger partial charge in [0.15, 0.2) is 23.1 Å². The summed E-state index contributed by atoms with van der Waals surface area (Å²) in [5, 5.41) is 2.69. The van der Waals surface area contributed by atoms with Crippen LogP contribution in [0, 0.1) is 11.6 Å². The van der Waals surface area contributed by atoms with Crippen LogP contribution < -0.4 is 19.5 Å². The smallest absolute Gasteiger partial charge is 0.261 e. The van der Waals surface area contributed by atoms with Crippen molar-refractivity contribution >= 4 is 27.3 Å². The van der Waals surface area contributed by atoms with E-state index in [0.29, 0.717) is 35.4 Å². The number of halogens is 2. The maximum Gasteiger partial charge on any atom is 0.261 e. The first-order valence-electron chi connectivity index (χ1n) is 9.43. The van der Waals surface area contributed by atoms with Gasteiger partial charge in [-0.15, -0.1) is 0 Å². The van der Waals surface area contributed by atoms with Crippen LogP contribution in [-0.4, -0.2) is 28.0 Å².